The Balaban J connectivity index is 2.24. The summed E-state index contributed by atoms with van der Waals surface area (Å²) in [7, 11) is 1.57. The SMILES string of the molecule is CCOc1cc(Br)c([C@H]2C(C#N)=C(N)Oc3n[nH]c(C)c32)cc1OC. The molecule has 25 heavy (non-hydrogen) atoms. The van der Waals surface area contributed by atoms with Gasteiger partial charge in [0.2, 0.25) is 11.8 Å². The maximum atomic E-state index is 9.63. The van der Waals surface area contributed by atoms with E-state index in [1.807, 2.05) is 26.0 Å². The summed E-state index contributed by atoms with van der Waals surface area (Å²) in [5.41, 5.74) is 8.67. The first kappa shape index (κ1) is 17.2. The van der Waals surface area contributed by atoms with E-state index in [1.54, 1.807) is 7.11 Å². The molecule has 0 fully saturated rings. The normalized spacial score (nSPS) is 16.0. The van der Waals surface area contributed by atoms with Crippen molar-refractivity contribution >= 4 is 15.9 Å². The Bertz CT molecular complexity index is 898. The Morgan fingerprint density at radius 3 is 2.84 bits per heavy atom. The van der Waals surface area contributed by atoms with Crippen LogP contribution in [-0.2, 0) is 0 Å². The van der Waals surface area contributed by atoms with E-state index < -0.39 is 5.92 Å². The van der Waals surface area contributed by atoms with Crippen LogP contribution >= 0.6 is 15.9 Å². The average molecular weight is 405 g/mol. The maximum absolute atomic E-state index is 9.63. The molecule has 0 aliphatic carbocycles. The molecule has 1 aliphatic heterocycles. The van der Waals surface area contributed by atoms with E-state index in [1.165, 1.54) is 0 Å². The Kier molecular flexibility index (Phi) is 4.59. The Morgan fingerprint density at radius 1 is 1.44 bits per heavy atom. The van der Waals surface area contributed by atoms with Gasteiger partial charge in [0.25, 0.3) is 0 Å². The minimum absolute atomic E-state index is 0.0475. The van der Waals surface area contributed by atoms with E-state index in [2.05, 4.69) is 32.2 Å². The number of nitrogens with one attached hydrogen (secondary N) is 1. The summed E-state index contributed by atoms with van der Waals surface area (Å²) in [5, 5.41) is 16.6. The van der Waals surface area contributed by atoms with Crippen molar-refractivity contribution in [1.82, 2.24) is 10.2 Å². The van der Waals surface area contributed by atoms with Crippen LogP contribution in [0.3, 0.4) is 0 Å². The molecule has 2 heterocycles. The van der Waals surface area contributed by atoms with Gasteiger partial charge >= 0.3 is 0 Å². The number of allylic oxidation sites excluding steroid dienone is 1. The number of H-pyrrole nitrogens is 1. The van der Waals surface area contributed by atoms with E-state index in [-0.39, 0.29) is 5.88 Å². The van der Waals surface area contributed by atoms with Crippen LogP contribution in [0.1, 0.15) is 29.7 Å². The predicted octanol–water partition coefficient (Wildman–Crippen LogP) is 3.11. The summed E-state index contributed by atoms with van der Waals surface area (Å²) >= 11 is 3.58. The van der Waals surface area contributed by atoms with Gasteiger partial charge in [0.05, 0.1) is 19.6 Å². The number of nitrogens with two attached hydrogens (primary N) is 1. The van der Waals surface area contributed by atoms with Gasteiger partial charge in [-0.15, -0.1) is 5.10 Å². The molecule has 0 bridgehead atoms. The number of aromatic amines is 1. The number of ether oxygens (including phenoxy) is 3. The van der Waals surface area contributed by atoms with E-state index in [9.17, 15) is 5.26 Å². The number of halogens is 1. The van der Waals surface area contributed by atoms with Gasteiger partial charge in [0.1, 0.15) is 11.6 Å². The third kappa shape index (κ3) is 2.81. The molecular formula is C17H17BrN4O3. The number of methoxy groups -OCH3 is 1. The van der Waals surface area contributed by atoms with Crippen molar-refractivity contribution in [3.8, 4) is 23.4 Å². The third-order valence-corrected chi connectivity index (χ3v) is 4.71. The molecule has 1 atom stereocenters. The zero-order chi connectivity index (χ0) is 18.1. The highest BCUT2D eigenvalue weighted by Gasteiger charge is 2.35. The molecule has 3 rings (SSSR count). The fraction of sp³-hybridized carbons (Fsp3) is 0.294. The maximum Gasteiger partial charge on any atom is 0.244 e. The number of nitriles is 1. The number of aryl methyl sites for hydroxylation is 1. The monoisotopic (exact) mass is 404 g/mol. The summed E-state index contributed by atoms with van der Waals surface area (Å²) < 4.78 is 17.3. The van der Waals surface area contributed by atoms with E-state index in [0.717, 1.165) is 21.3 Å². The molecule has 1 aliphatic rings. The van der Waals surface area contributed by atoms with Crippen LogP contribution in [0.2, 0.25) is 0 Å². The van der Waals surface area contributed by atoms with Crippen LogP contribution in [0.5, 0.6) is 17.4 Å². The summed E-state index contributed by atoms with van der Waals surface area (Å²) in [6.07, 6.45) is 0. The van der Waals surface area contributed by atoms with Crippen molar-refractivity contribution in [3.63, 3.8) is 0 Å². The van der Waals surface area contributed by atoms with Gasteiger partial charge in [0.15, 0.2) is 11.5 Å². The first-order valence-corrected chi connectivity index (χ1v) is 8.43. The molecule has 0 radical (unpaired) electrons. The van der Waals surface area contributed by atoms with Crippen LogP contribution < -0.4 is 19.9 Å². The molecule has 2 aromatic rings. The van der Waals surface area contributed by atoms with Crippen LogP contribution in [-0.4, -0.2) is 23.9 Å². The molecule has 1 aromatic carbocycles. The molecule has 7 nitrogen and oxygen atoms in total. The van der Waals surface area contributed by atoms with Crippen molar-refractivity contribution in [2.24, 2.45) is 5.73 Å². The third-order valence-electron chi connectivity index (χ3n) is 4.02. The van der Waals surface area contributed by atoms with Crippen molar-refractivity contribution < 1.29 is 14.2 Å². The number of nitrogens with zero attached hydrogens (tertiary/aromatic N) is 2. The standard InChI is InChI=1S/C17H17BrN4O3/c1-4-24-13-6-11(18)9(5-12(13)23-3)15-10(7-19)16(20)25-17-14(15)8(2)21-22-17/h5-6,15H,4,20H2,1-3H3,(H,21,22)/t15-/m0/s1. The number of rotatable bonds is 4. The average Bonchev–Trinajstić information content (AvgIpc) is 2.95. The number of hydrogen-bond acceptors (Lipinski definition) is 6. The minimum Gasteiger partial charge on any atom is -0.493 e. The van der Waals surface area contributed by atoms with E-state index >= 15 is 0 Å². The second-order valence-electron chi connectivity index (χ2n) is 5.45. The van der Waals surface area contributed by atoms with Crippen LogP contribution in [0, 0.1) is 18.3 Å². The van der Waals surface area contributed by atoms with Crippen LogP contribution in [0.25, 0.3) is 0 Å². The fourth-order valence-electron chi connectivity index (χ4n) is 2.91. The number of fused-ring (bicyclic) bond motifs is 1. The lowest BCUT2D eigenvalue weighted by Crippen LogP contribution is -2.21. The van der Waals surface area contributed by atoms with Crippen molar-refractivity contribution in [1.29, 1.82) is 5.26 Å². The molecule has 0 unspecified atom stereocenters. The minimum atomic E-state index is -0.425. The lowest BCUT2D eigenvalue weighted by atomic mass is 9.84. The Morgan fingerprint density at radius 2 is 2.20 bits per heavy atom. The number of aromatic nitrogens is 2. The topological polar surface area (TPSA) is 106 Å². The van der Waals surface area contributed by atoms with Gasteiger partial charge in [-0.1, -0.05) is 15.9 Å². The molecule has 0 amide bonds. The second-order valence-corrected chi connectivity index (χ2v) is 6.30. The molecule has 0 saturated heterocycles. The zero-order valence-electron chi connectivity index (χ0n) is 14.0. The van der Waals surface area contributed by atoms with Crippen LogP contribution in [0.4, 0.5) is 0 Å². The van der Waals surface area contributed by atoms with Crippen molar-refractivity contribution in [2.75, 3.05) is 13.7 Å². The molecule has 0 saturated carbocycles. The molecule has 3 N–H and O–H groups in total. The highest BCUT2D eigenvalue weighted by atomic mass is 79.9. The Hall–Kier alpha value is -2.66. The molecular weight excluding hydrogens is 388 g/mol. The van der Waals surface area contributed by atoms with Gasteiger partial charge in [-0.3, -0.25) is 5.10 Å². The first-order valence-electron chi connectivity index (χ1n) is 7.64. The predicted molar refractivity (Wildman–Crippen MR) is 94.5 cm³/mol. The smallest absolute Gasteiger partial charge is 0.244 e. The Labute approximate surface area is 153 Å². The summed E-state index contributed by atoms with van der Waals surface area (Å²) in [5.74, 6) is 1.19. The van der Waals surface area contributed by atoms with Crippen molar-refractivity contribution in [2.45, 2.75) is 19.8 Å². The molecule has 0 spiro atoms. The lowest BCUT2D eigenvalue weighted by Gasteiger charge is -2.25. The number of benzene rings is 1. The van der Waals surface area contributed by atoms with Crippen LogP contribution in [0.15, 0.2) is 28.1 Å². The molecule has 130 valence electrons. The summed E-state index contributed by atoms with van der Waals surface area (Å²) in [4.78, 5) is 0. The van der Waals surface area contributed by atoms with Gasteiger partial charge in [0, 0.05) is 15.7 Å². The summed E-state index contributed by atoms with van der Waals surface area (Å²) in [6, 6.07) is 5.83. The van der Waals surface area contributed by atoms with E-state index in [4.69, 9.17) is 19.9 Å². The largest absolute Gasteiger partial charge is 0.493 e. The second kappa shape index (κ2) is 6.69. The first-order chi connectivity index (χ1) is 12.0. The number of hydrogen-bond donors (Lipinski definition) is 2. The van der Waals surface area contributed by atoms with Gasteiger partial charge in [-0.2, -0.15) is 5.26 Å². The highest BCUT2D eigenvalue weighted by Crippen LogP contribution is 2.47. The van der Waals surface area contributed by atoms with Gasteiger partial charge < -0.3 is 19.9 Å². The van der Waals surface area contributed by atoms with Gasteiger partial charge in [-0.05, 0) is 31.5 Å². The van der Waals surface area contributed by atoms with E-state index in [0.29, 0.717) is 29.6 Å². The van der Waals surface area contributed by atoms with Gasteiger partial charge in [-0.25, -0.2) is 0 Å². The zero-order valence-corrected chi connectivity index (χ0v) is 15.6. The summed E-state index contributed by atoms with van der Waals surface area (Å²) in [6.45, 7) is 4.29. The van der Waals surface area contributed by atoms with Crippen molar-refractivity contribution in [3.05, 3.63) is 44.9 Å². The molecule has 8 heteroatoms. The lowest BCUT2D eigenvalue weighted by molar-refractivity contribution is 0.310. The fourth-order valence-corrected chi connectivity index (χ4v) is 3.46. The molecule has 1 aromatic heterocycles. The quantitative estimate of drug-likeness (QED) is 0.810. The highest BCUT2D eigenvalue weighted by molar-refractivity contribution is 9.10.